The number of anilines is 2. The summed E-state index contributed by atoms with van der Waals surface area (Å²) in [6, 6.07) is 16.7. The minimum atomic E-state index is -0.112. The van der Waals surface area contributed by atoms with Crippen LogP contribution in [-0.4, -0.2) is 49.2 Å². The number of piperazine rings is 1. The summed E-state index contributed by atoms with van der Waals surface area (Å²) in [4.78, 5) is 21.6. The van der Waals surface area contributed by atoms with Crippen LogP contribution in [0.3, 0.4) is 0 Å². The number of nitrogens with zero attached hydrogens (tertiary/aromatic N) is 3. The Kier molecular flexibility index (Phi) is 5.74. The molecule has 0 unspecified atom stereocenters. The van der Waals surface area contributed by atoms with Gasteiger partial charge in [0.1, 0.15) is 5.69 Å². The number of hydrogen-bond acceptors (Lipinski definition) is 4. The number of nitrogens with one attached hydrogen (secondary N) is 1. The van der Waals surface area contributed by atoms with Crippen molar-refractivity contribution in [2.45, 2.75) is 20.3 Å². The van der Waals surface area contributed by atoms with Crippen LogP contribution < -0.4 is 15.0 Å². The Morgan fingerprint density at radius 3 is 2.57 bits per heavy atom. The average Bonchev–Trinajstić information content (AvgIpc) is 2.79. The van der Waals surface area contributed by atoms with Gasteiger partial charge in [-0.1, -0.05) is 43.3 Å². The first-order valence-electron chi connectivity index (χ1n) is 10.4. The predicted molar refractivity (Wildman–Crippen MR) is 122 cm³/mol. The molecule has 0 aliphatic carbocycles. The minimum Gasteiger partial charge on any atom is -0.480 e. The molecule has 0 atom stereocenters. The van der Waals surface area contributed by atoms with E-state index in [4.69, 9.17) is 4.74 Å². The van der Waals surface area contributed by atoms with Crippen molar-refractivity contribution < 1.29 is 9.53 Å². The van der Waals surface area contributed by atoms with Crippen LogP contribution in [0.25, 0.3) is 10.8 Å². The molecular weight excluding hydrogens is 376 g/mol. The molecule has 2 aromatic carbocycles. The molecule has 1 N–H and O–H groups in total. The van der Waals surface area contributed by atoms with Gasteiger partial charge in [0.05, 0.1) is 7.11 Å². The van der Waals surface area contributed by atoms with Crippen molar-refractivity contribution in [3.05, 3.63) is 59.8 Å². The molecular formula is C24H28N4O2. The van der Waals surface area contributed by atoms with Crippen LogP contribution in [0, 0.1) is 6.92 Å². The molecule has 0 bridgehead atoms. The molecule has 1 saturated heterocycles. The van der Waals surface area contributed by atoms with Gasteiger partial charge >= 0.3 is 6.03 Å². The van der Waals surface area contributed by atoms with Crippen molar-refractivity contribution in [2.75, 3.05) is 43.5 Å². The van der Waals surface area contributed by atoms with Crippen LogP contribution in [-0.2, 0) is 6.42 Å². The molecule has 30 heavy (non-hydrogen) atoms. The summed E-state index contributed by atoms with van der Waals surface area (Å²) in [5.74, 6) is 0.451. The summed E-state index contributed by atoms with van der Waals surface area (Å²) in [5.41, 5.74) is 3.88. The van der Waals surface area contributed by atoms with Gasteiger partial charge in [0.15, 0.2) is 0 Å². The first kappa shape index (κ1) is 20.0. The van der Waals surface area contributed by atoms with Crippen LogP contribution >= 0.6 is 0 Å². The van der Waals surface area contributed by atoms with E-state index in [1.807, 2.05) is 17.9 Å². The van der Waals surface area contributed by atoms with Gasteiger partial charge < -0.3 is 19.9 Å². The van der Waals surface area contributed by atoms with E-state index in [9.17, 15) is 4.79 Å². The molecule has 6 heteroatoms. The topological polar surface area (TPSA) is 57.7 Å². The summed E-state index contributed by atoms with van der Waals surface area (Å²) < 4.78 is 5.38. The van der Waals surface area contributed by atoms with Crippen LogP contribution in [0.4, 0.5) is 16.2 Å². The third-order valence-electron chi connectivity index (χ3n) is 5.77. The van der Waals surface area contributed by atoms with Crippen molar-refractivity contribution in [1.82, 2.24) is 9.88 Å². The number of aromatic nitrogens is 1. The molecule has 0 saturated carbocycles. The van der Waals surface area contributed by atoms with Gasteiger partial charge in [-0.15, -0.1) is 0 Å². The lowest BCUT2D eigenvalue weighted by Gasteiger charge is -2.36. The molecule has 4 rings (SSSR count). The van der Waals surface area contributed by atoms with E-state index in [0.717, 1.165) is 30.8 Å². The summed E-state index contributed by atoms with van der Waals surface area (Å²) in [6.07, 6.45) is 0.857. The standard InChI is InChI=1S/C24H28N4O2/c1-4-18-16-21(23(30-3)25-17(18)2)26-24(29)28-14-12-27(13-15-28)22-11-7-9-19-8-5-6-10-20(19)22/h5-11,16H,4,12-15H2,1-3H3,(H,26,29). The third kappa shape index (κ3) is 3.90. The van der Waals surface area contributed by atoms with E-state index < -0.39 is 0 Å². The number of rotatable bonds is 4. The zero-order valence-electron chi connectivity index (χ0n) is 17.8. The number of carbonyl (C=O) groups is 1. The highest BCUT2D eigenvalue weighted by atomic mass is 16.5. The lowest BCUT2D eigenvalue weighted by Crippen LogP contribution is -2.50. The second-order valence-electron chi connectivity index (χ2n) is 7.55. The van der Waals surface area contributed by atoms with Crippen LogP contribution in [0.15, 0.2) is 48.5 Å². The number of carbonyl (C=O) groups excluding carboxylic acids is 1. The number of aryl methyl sites for hydroxylation is 2. The number of ether oxygens (including phenoxy) is 1. The molecule has 0 spiro atoms. The highest BCUT2D eigenvalue weighted by Crippen LogP contribution is 2.28. The third-order valence-corrected chi connectivity index (χ3v) is 5.77. The van der Waals surface area contributed by atoms with E-state index in [2.05, 4.69) is 64.6 Å². The molecule has 1 aromatic heterocycles. The van der Waals surface area contributed by atoms with Gasteiger partial charge in [-0.25, -0.2) is 9.78 Å². The molecule has 2 amide bonds. The van der Waals surface area contributed by atoms with Gasteiger partial charge in [0.2, 0.25) is 5.88 Å². The first-order chi connectivity index (χ1) is 14.6. The highest BCUT2D eigenvalue weighted by Gasteiger charge is 2.23. The number of pyridine rings is 1. The quantitative estimate of drug-likeness (QED) is 0.697. The number of methoxy groups -OCH3 is 1. The Morgan fingerprint density at radius 1 is 1.10 bits per heavy atom. The second kappa shape index (κ2) is 8.61. The van der Waals surface area contributed by atoms with Crippen molar-refractivity contribution in [3.8, 4) is 5.88 Å². The van der Waals surface area contributed by atoms with Crippen molar-refractivity contribution in [3.63, 3.8) is 0 Å². The average molecular weight is 405 g/mol. The molecule has 0 radical (unpaired) electrons. The number of hydrogen-bond donors (Lipinski definition) is 1. The first-order valence-corrected chi connectivity index (χ1v) is 10.4. The normalized spacial score (nSPS) is 14.1. The lowest BCUT2D eigenvalue weighted by molar-refractivity contribution is 0.208. The lowest BCUT2D eigenvalue weighted by atomic mass is 10.1. The van der Waals surface area contributed by atoms with E-state index in [-0.39, 0.29) is 6.03 Å². The van der Waals surface area contributed by atoms with E-state index in [0.29, 0.717) is 24.7 Å². The summed E-state index contributed by atoms with van der Waals surface area (Å²) >= 11 is 0. The molecule has 1 fully saturated rings. The van der Waals surface area contributed by atoms with Gasteiger partial charge in [-0.05, 0) is 36.4 Å². The van der Waals surface area contributed by atoms with Gasteiger partial charge in [-0.2, -0.15) is 0 Å². The van der Waals surface area contributed by atoms with Crippen molar-refractivity contribution in [2.24, 2.45) is 0 Å². The Hall–Kier alpha value is -3.28. The smallest absolute Gasteiger partial charge is 0.322 e. The van der Waals surface area contributed by atoms with Gasteiger partial charge in [-0.3, -0.25) is 0 Å². The number of amides is 2. The predicted octanol–water partition coefficient (Wildman–Crippen LogP) is 4.47. The Balaban J connectivity index is 1.45. The SMILES string of the molecule is CCc1cc(NC(=O)N2CCN(c3cccc4ccccc34)CC2)c(OC)nc1C. The summed E-state index contributed by atoms with van der Waals surface area (Å²) in [6.45, 7) is 6.96. The fraction of sp³-hybridized carbons (Fsp3) is 0.333. The molecule has 1 aliphatic heterocycles. The molecule has 3 aromatic rings. The van der Waals surface area contributed by atoms with Crippen LogP contribution in [0.2, 0.25) is 0 Å². The Bertz CT molecular complexity index is 1050. The maximum absolute atomic E-state index is 12.9. The van der Waals surface area contributed by atoms with E-state index in [1.54, 1.807) is 7.11 Å². The van der Waals surface area contributed by atoms with Gasteiger partial charge in [0.25, 0.3) is 0 Å². The summed E-state index contributed by atoms with van der Waals surface area (Å²) in [7, 11) is 1.58. The maximum Gasteiger partial charge on any atom is 0.322 e. The number of fused-ring (bicyclic) bond motifs is 1. The monoisotopic (exact) mass is 404 g/mol. The van der Waals surface area contributed by atoms with Gasteiger partial charge in [0, 0.05) is 42.9 Å². The number of benzene rings is 2. The summed E-state index contributed by atoms with van der Waals surface area (Å²) in [5, 5.41) is 5.49. The van der Waals surface area contributed by atoms with Crippen LogP contribution in [0.5, 0.6) is 5.88 Å². The molecule has 2 heterocycles. The second-order valence-corrected chi connectivity index (χ2v) is 7.55. The fourth-order valence-corrected chi connectivity index (χ4v) is 4.06. The molecule has 6 nitrogen and oxygen atoms in total. The van der Waals surface area contributed by atoms with Crippen molar-refractivity contribution >= 4 is 28.2 Å². The maximum atomic E-state index is 12.9. The Labute approximate surface area is 177 Å². The molecule has 156 valence electrons. The minimum absolute atomic E-state index is 0.112. The zero-order valence-corrected chi connectivity index (χ0v) is 17.8. The Morgan fingerprint density at radius 2 is 1.83 bits per heavy atom. The fourth-order valence-electron chi connectivity index (χ4n) is 4.06. The van der Waals surface area contributed by atoms with Crippen LogP contribution in [0.1, 0.15) is 18.2 Å². The zero-order chi connectivity index (χ0) is 21.1. The van der Waals surface area contributed by atoms with E-state index in [1.165, 1.54) is 16.5 Å². The van der Waals surface area contributed by atoms with E-state index >= 15 is 0 Å². The van der Waals surface area contributed by atoms with Crippen molar-refractivity contribution in [1.29, 1.82) is 0 Å². The largest absolute Gasteiger partial charge is 0.480 e. The molecule has 1 aliphatic rings. The number of urea groups is 1. The highest BCUT2D eigenvalue weighted by molar-refractivity contribution is 5.94.